The van der Waals surface area contributed by atoms with Crippen LogP contribution in [0.4, 0.5) is 0 Å². The molecule has 0 amide bonds. The molecule has 0 aliphatic carbocycles. The summed E-state index contributed by atoms with van der Waals surface area (Å²) in [5.41, 5.74) is 0.747. The number of carbonyl (C=O) groups excluding carboxylic acids is 1. The van der Waals surface area contributed by atoms with Crippen molar-refractivity contribution in [2.75, 3.05) is 13.9 Å². The maximum Gasteiger partial charge on any atom is 0.334 e. The maximum atomic E-state index is 12.4. The first-order valence-corrected chi connectivity index (χ1v) is 9.48. The molecule has 2 aliphatic heterocycles. The number of carboxylic acids is 1. The number of methoxy groups -OCH3 is 1. The minimum atomic E-state index is -2.19. The first-order chi connectivity index (χ1) is 14.9. The fraction of sp³-hybridized carbons (Fsp3) is 0.217. The zero-order chi connectivity index (χ0) is 22.0. The van der Waals surface area contributed by atoms with Crippen molar-refractivity contribution in [3.8, 4) is 5.75 Å². The molecular weight excluding hydrogens is 404 g/mol. The molecule has 0 bridgehead atoms. The van der Waals surface area contributed by atoms with Gasteiger partial charge in [-0.1, -0.05) is 30.3 Å². The molecule has 0 fully saturated rings. The van der Waals surface area contributed by atoms with Gasteiger partial charge in [0, 0.05) is 17.2 Å². The summed E-state index contributed by atoms with van der Waals surface area (Å²) in [7, 11) is 1.50. The van der Waals surface area contributed by atoms with Gasteiger partial charge in [0.25, 0.3) is 5.79 Å². The third kappa shape index (κ3) is 3.73. The lowest BCUT2D eigenvalue weighted by atomic mass is 9.76. The van der Waals surface area contributed by atoms with Crippen molar-refractivity contribution in [2.45, 2.75) is 11.7 Å². The molecule has 8 heteroatoms. The van der Waals surface area contributed by atoms with Gasteiger partial charge in [0.05, 0.1) is 18.9 Å². The van der Waals surface area contributed by atoms with Gasteiger partial charge >= 0.3 is 11.9 Å². The Kier molecular flexibility index (Phi) is 5.39. The van der Waals surface area contributed by atoms with E-state index in [1.165, 1.54) is 13.4 Å². The molecule has 3 atom stereocenters. The van der Waals surface area contributed by atoms with Crippen molar-refractivity contribution >= 4 is 11.9 Å². The van der Waals surface area contributed by atoms with E-state index in [0.29, 0.717) is 11.3 Å². The minimum Gasteiger partial charge on any atom is -0.497 e. The van der Waals surface area contributed by atoms with E-state index in [2.05, 4.69) is 0 Å². The van der Waals surface area contributed by atoms with Crippen LogP contribution < -0.4 is 4.74 Å². The standard InChI is InChI=1S/C23H20O8/c1-28-16-9-7-15(8-10-16)23(27)17(11-19(24)31-23)21(18-12-29-13-30-18)20(22(25)26)14-5-3-2-4-6-14/h2-12,20-21,27H,13H2,1H3,(H,25,26). The Morgan fingerprint density at radius 2 is 1.84 bits per heavy atom. The zero-order valence-electron chi connectivity index (χ0n) is 16.6. The van der Waals surface area contributed by atoms with Crippen LogP contribution in [0.2, 0.25) is 0 Å². The molecule has 0 saturated carbocycles. The Morgan fingerprint density at radius 1 is 1.13 bits per heavy atom. The van der Waals surface area contributed by atoms with Crippen LogP contribution in [0, 0.1) is 5.92 Å². The average molecular weight is 424 g/mol. The first-order valence-electron chi connectivity index (χ1n) is 9.48. The van der Waals surface area contributed by atoms with Crippen molar-refractivity contribution in [3.05, 3.63) is 89.4 Å². The minimum absolute atomic E-state index is 0.0377. The van der Waals surface area contributed by atoms with E-state index in [-0.39, 0.29) is 23.7 Å². The summed E-state index contributed by atoms with van der Waals surface area (Å²) in [5.74, 6) is -5.68. The van der Waals surface area contributed by atoms with Crippen molar-refractivity contribution in [1.82, 2.24) is 0 Å². The molecule has 2 heterocycles. The summed E-state index contributed by atoms with van der Waals surface area (Å²) in [6.07, 6.45) is 2.40. The molecule has 3 unspecified atom stereocenters. The Labute approximate surface area is 177 Å². The zero-order valence-corrected chi connectivity index (χ0v) is 16.6. The fourth-order valence-electron chi connectivity index (χ4n) is 3.85. The Balaban J connectivity index is 1.85. The quantitative estimate of drug-likeness (QED) is 0.653. The number of carbonyl (C=O) groups is 2. The van der Waals surface area contributed by atoms with E-state index < -0.39 is 29.6 Å². The summed E-state index contributed by atoms with van der Waals surface area (Å²) in [6, 6.07) is 14.8. The highest BCUT2D eigenvalue weighted by Gasteiger charge is 2.52. The van der Waals surface area contributed by atoms with Crippen LogP contribution in [0.3, 0.4) is 0 Å². The lowest BCUT2D eigenvalue weighted by Gasteiger charge is -2.33. The van der Waals surface area contributed by atoms with Gasteiger partial charge in [-0.05, 0) is 29.8 Å². The fourth-order valence-corrected chi connectivity index (χ4v) is 3.85. The molecular formula is C23H20O8. The number of aliphatic carboxylic acids is 1. The highest BCUT2D eigenvalue weighted by Crippen LogP contribution is 2.48. The van der Waals surface area contributed by atoms with Gasteiger partial charge in [-0.25, -0.2) is 4.79 Å². The number of hydrogen-bond acceptors (Lipinski definition) is 7. The van der Waals surface area contributed by atoms with Gasteiger partial charge in [-0.3, -0.25) is 4.79 Å². The lowest BCUT2D eigenvalue weighted by molar-refractivity contribution is -0.187. The topological polar surface area (TPSA) is 112 Å². The first kappa shape index (κ1) is 20.5. The summed E-state index contributed by atoms with van der Waals surface area (Å²) >= 11 is 0. The van der Waals surface area contributed by atoms with Crippen molar-refractivity contribution < 1.29 is 38.7 Å². The molecule has 0 radical (unpaired) electrons. The van der Waals surface area contributed by atoms with Gasteiger partial charge in [0.1, 0.15) is 17.8 Å². The number of esters is 1. The second kappa shape index (κ2) is 8.16. The molecule has 4 rings (SSSR count). The predicted octanol–water partition coefficient (Wildman–Crippen LogP) is 2.65. The number of hydrogen-bond donors (Lipinski definition) is 2. The SMILES string of the molecule is COc1ccc(C2(O)OC(=O)C=C2C(C2=COCO2)C(C(=O)O)c2ccccc2)cc1. The van der Waals surface area contributed by atoms with Crippen LogP contribution in [-0.2, 0) is 29.6 Å². The Bertz CT molecular complexity index is 1040. The van der Waals surface area contributed by atoms with Crippen LogP contribution in [0.15, 0.2) is 78.3 Å². The largest absolute Gasteiger partial charge is 0.497 e. The molecule has 2 aliphatic rings. The Hall–Kier alpha value is -3.78. The van der Waals surface area contributed by atoms with Crippen molar-refractivity contribution in [2.24, 2.45) is 5.92 Å². The lowest BCUT2D eigenvalue weighted by Crippen LogP contribution is -2.36. The summed E-state index contributed by atoms with van der Waals surface area (Å²) in [5, 5.41) is 21.6. The average Bonchev–Trinajstić information content (AvgIpc) is 3.40. The van der Waals surface area contributed by atoms with Gasteiger partial charge in [-0.2, -0.15) is 0 Å². The molecule has 0 spiro atoms. The molecule has 160 valence electrons. The van der Waals surface area contributed by atoms with Crippen LogP contribution in [0.5, 0.6) is 5.75 Å². The van der Waals surface area contributed by atoms with E-state index in [4.69, 9.17) is 18.9 Å². The van der Waals surface area contributed by atoms with Crippen molar-refractivity contribution in [1.29, 1.82) is 0 Å². The predicted molar refractivity (Wildman–Crippen MR) is 106 cm³/mol. The second-order valence-corrected chi connectivity index (χ2v) is 7.05. The second-order valence-electron chi connectivity index (χ2n) is 7.05. The number of carboxylic acid groups (broad SMARTS) is 1. The number of allylic oxidation sites excluding steroid dienone is 1. The van der Waals surface area contributed by atoms with E-state index >= 15 is 0 Å². The third-order valence-corrected chi connectivity index (χ3v) is 5.29. The molecule has 0 aromatic heterocycles. The third-order valence-electron chi connectivity index (χ3n) is 5.29. The van der Waals surface area contributed by atoms with E-state index in [1.54, 1.807) is 54.6 Å². The van der Waals surface area contributed by atoms with Crippen LogP contribution >= 0.6 is 0 Å². The summed E-state index contributed by atoms with van der Waals surface area (Å²) < 4.78 is 21.1. The summed E-state index contributed by atoms with van der Waals surface area (Å²) in [4.78, 5) is 24.7. The maximum absolute atomic E-state index is 12.4. The number of aliphatic hydroxyl groups is 1. The molecule has 2 N–H and O–H groups in total. The molecule has 8 nitrogen and oxygen atoms in total. The monoisotopic (exact) mass is 424 g/mol. The normalized spacial score (nSPS) is 21.8. The Morgan fingerprint density at radius 3 is 2.42 bits per heavy atom. The molecule has 2 aromatic carbocycles. The summed E-state index contributed by atoms with van der Waals surface area (Å²) in [6.45, 7) is -0.101. The van der Waals surface area contributed by atoms with Crippen molar-refractivity contribution in [3.63, 3.8) is 0 Å². The van der Waals surface area contributed by atoms with E-state index in [9.17, 15) is 19.8 Å². The molecule has 0 saturated heterocycles. The number of cyclic esters (lactones) is 1. The van der Waals surface area contributed by atoms with Gasteiger partial charge in [-0.15, -0.1) is 0 Å². The van der Waals surface area contributed by atoms with Gasteiger partial charge in [0.15, 0.2) is 0 Å². The number of ether oxygens (including phenoxy) is 4. The highest BCUT2D eigenvalue weighted by molar-refractivity contribution is 5.88. The van der Waals surface area contributed by atoms with Crippen LogP contribution in [0.25, 0.3) is 0 Å². The van der Waals surface area contributed by atoms with Gasteiger partial charge in [0.2, 0.25) is 6.79 Å². The van der Waals surface area contributed by atoms with Crippen LogP contribution in [0.1, 0.15) is 17.0 Å². The van der Waals surface area contributed by atoms with Crippen LogP contribution in [-0.4, -0.2) is 36.1 Å². The molecule has 31 heavy (non-hydrogen) atoms. The van der Waals surface area contributed by atoms with Gasteiger partial charge < -0.3 is 29.2 Å². The number of rotatable bonds is 7. The molecule has 2 aromatic rings. The van der Waals surface area contributed by atoms with E-state index in [0.717, 1.165) is 6.08 Å². The smallest absolute Gasteiger partial charge is 0.334 e. The van der Waals surface area contributed by atoms with E-state index in [1.807, 2.05) is 0 Å². The highest BCUT2D eigenvalue weighted by atomic mass is 16.7. The number of benzene rings is 2.